The topological polar surface area (TPSA) is 66.4 Å². The maximum absolute atomic E-state index is 13.6. The SMILES string of the molecule is CC1(NC(=O)CCc2cccc(F)c2F)CCCCC1C(=O)O. The molecule has 0 spiro atoms. The van der Waals surface area contributed by atoms with Crippen LogP contribution in [-0.2, 0) is 16.0 Å². The van der Waals surface area contributed by atoms with Crippen molar-refractivity contribution in [3.05, 3.63) is 35.4 Å². The molecule has 1 aromatic rings. The number of carboxylic acids is 1. The molecule has 0 saturated heterocycles. The lowest BCUT2D eigenvalue weighted by Gasteiger charge is -2.39. The van der Waals surface area contributed by atoms with Crippen LogP contribution in [0, 0.1) is 17.6 Å². The number of nitrogens with one attached hydrogen (secondary N) is 1. The number of carboxylic acid groups (broad SMARTS) is 1. The molecular formula is C17H21F2NO3. The van der Waals surface area contributed by atoms with Crippen molar-refractivity contribution < 1.29 is 23.5 Å². The van der Waals surface area contributed by atoms with Crippen LogP contribution in [0.5, 0.6) is 0 Å². The number of benzene rings is 1. The van der Waals surface area contributed by atoms with Gasteiger partial charge in [-0.1, -0.05) is 25.0 Å². The van der Waals surface area contributed by atoms with E-state index in [9.17, 15) is 23.5 Å². The summed E-state index contributed by atoms with van der Waals surface area (Å²) in [5, 5.41) is 12.1. The van der Waals surface area contributed by atoms with E-state index in [1.54, 1.807) is 6.92 Å². The Kier molecular flexibility index (Phi) is 5.34. The molecule has 0 aromatic heterocycles. The molecule has 2 rings (SSSR count). The predicted octanol–water partition coefficient (Wildman–Crippen LogP) is 3.05. The van der Waals surface area contributed by atoms with Gasteiger partial charge in [0, 0.05) is 6.42 Å². The van der Waals surface area contributed by atoms with Crippen LogP contribution >= 0.6 is 0 Å². The summed E-state index contributed by atoms with van der Waals surface area (Å²) in [5.74, 6) is -3.75. The Morgan fingerprint density at radius 3 is 2.78 bits per heavy atom. The molecule has 1 aliphatic rings. The maximum Gasteiger partial charge on any atom is 0.308 e. The van der Waals surface area contributed by atoms with Crippen molar-refractivity contribution in [1.29, 1.82) is 0 Å². The number of carbonyl (C=O) groups excluding carboxylic acids is 1. The van der Waals surface area contributed by atoms with E-state index in [4.69, 9.17) is 0 Å². The Hall–Kier alpha value is -1.98. The lowest BCUT2D eigenvalue weighted by atomic mass is 9.74. The maximum atomic E-state index is 13.6. The monoisotopic (exact) mass is 325 g/mol. The van der Waals surface area contributed by atoms with Crippen LogP contribution in [0.15, 0.2) is 18.2 Å². The van der Waals surface area contributed by atoms with Crippen LogP contribution in [0.2, 0.25) is 0 Å². The Bertz CT molecular complexity index is 606. The van der Waals surface area contributed by atoms with Gasteiger partial charge in [0.1, 0.15) is 0 Å². The Balaban J connectivity index is 1.98. The van der Waals surface area contributed by atoms with Gasteiger partial charge in [-0.25, -0.2) is 8.78 Å². The van der Waals surface area contributed by atoms with Crippen LogP contribution in [0.1, 0.15) is 44.6 Å². The molecule has 0 heterocycles. The molecule has 0 radical (unpaired) electrons. The van der Waals surface area contributed by atoms with Crippen molar-refractivity contribution in [2.24, 2.45) is 5.92 Å². The molecule has 126 valence electrons. The van der Waals surface area contributed by atoms with E-state index in [1.807, 2.05) is 0 Å². The van der Waals surface area contributed by atoms with E-state index in [-0.39, 0.29) is 24.3 Å². The van der Waals surface area contributed by atoms with Gasteiger partial charge in [-0.15, -0.1) is 0 Å². The average molecular weight is 325 g/mol. The lowest BCUT2D eigenvalue weighted by molar-refractivity contribution is -0.146. The molecule has 1 fully saturated rings. The Labute approximate surface area is 133 Å². The number of hydrogen-bond acceptors (Lipinski definition) is 2. The zero-order chi connectivity index (χ0) is 17.0. The van der Waals surface area contributed by atoms with Crippen LogP contribution in [0.25, 0.3) is 0 Å². The molecule has 0 bridgehead atoms. The Morgan fingerprint density at radius 2 is 2.09 bits per heavy atom. The summed E-state index contributed by atoms with van der Waals surface area (Å²) in [6.07, 6.45) is 2.89. The smallest absolute Gasteiger partial charge is 0.308 e. The second-order valence-corrected chi connectivity index (χ2v) is 6.32. The summed E-state index contributed by atoms with van der Waals surface area (Å²) in [6, 6.07) is 3.86. The van der Waals surface area contributed by atoms with Gasteiger partial charge in [-0.3, -0.25) is 9.59 Å². The minimum atomic E-state index is -0.937. The molecule has 1 aliphatic carbocycles. The molecule has 2 unspecified atom stereocenters. The number of amides is 1. The summed E-state index contributed by atoms with van der Waals surface area (Å²) in [7, 11) is 0. The van der Waals surface area contributed by atoms with Gasteiger partial charge in [0.2, 0.25) is 5.91 Å². The van der Waals surface area contributed by atoms with Crippen LogP contribution in [0.4, 0.5) is 8.78 Å². The van der Waals surface area contributed by atoms with E-state index < -0.39 is 29.1 Å². The lowest BCUT2D eigenvalue weighted by Crippen LogP contribution is -2.55. The van der Waals surface area contributed by atoms with Crippen LogP contribution < -0.4 is 5.32 Å². The highest BCUT2D eigenvalue weighted by Crippen LogP contribution is 2.34. The number of aliphatic carboxylic acids is 1. The van der Waals surface area contributed by atoms with Crippen molar-refractivity contribution in [3.63, 3.8) is 0 Å². The molecule has 0 aliphatic heterocycles. The fourth-order valence-electron chi connectivity index (χ4n) is 3.25. The summed E-state index contributed by atoms with van der Waals surface area (Å²) < 4.78 is 26.7. The second kappa shape index (κ2) is 7.06. The first-order valence-corrected chi connectivity index (χ1v) is 7.80. The van der Waals surface area contributed by atoms with Crippen molar-refractivity contribution in [1.82, 2.24) is 5.32 Å². The third kappa shape index (κ3) is 4.06. The highest BCUT2D eigenvalue weighted by Gasteiger charge is 2.42. The number of halogens is 2. The quantitative estimate of drug-likeness (QED) is 0.874. The van der Waals surface area contributed by atoms with Crippen molar-refractivity contribution in [3.8, 4) is 0 Å². The zero-order valence-corrected chi connectivity index (χ0v) is 13.1. The summed E-state index contributed by atoms with van der Waals surface area (Å²) in [4.78, 5) is 23.5. The van der Waals surface area contributed by atoms with Crippen LogP contribution in [-0.4, -0.2) is 22.5 Å². The first kappa shape index (κ1) is 17.4. The highest BCUT2D eigenvalue weighted by molar-refractivity contribution is 5.79. The summed E-state index contributed by atoms with van der Waals surface area (Å²) in [5.41, 5.74) is -0.648. The second-order valence-electron chi connectivity index (χ2n) is 6.32. The van der Waals surface area contributed by atoms with E-state index in [0.717, 1.165) is 18.9 Å². The fourth-order valence-corrected chi connectivity index (χ4v) is 3.25. The third-order valence-electron chi connectivity index (χ3n) is 4.58. The molecule has 2 N–H and O–H groups in total. The van der Waals surface area contributed by atoms with Crippen LogP contribution in [0.3, 0.4) is 0 Å². The minimum absolute atomic E-state index is 0.0116. The number of carbonyl (C=O) groups is 2. The summed E-state index contributed by atoms with van der Waals surface area (Å²) in [6.45, 7) is 1.74. The molecule has 1 amide bonds. The van der Waals surface area contributed by atoms with E-state index >= 15 is 0 Å². The highest BCUT2D eigenvalue weighted by atomic mass is 19.2. The normalized spacial score (nSPS) is 24.2. The molecule has 2 atom stereocenters. The van der Waals surface area contributed by atoms with E-state index in [0.29, 0.717) is 12.8 Å². The first-order chi connectivity index (χ1) is 10.8. The predicted molar refractivity (Wildman–Crippen MR) is 80.8 cm³/mol. The standard InChI is InChI=1S/C17H21F2NO3/c1-17(10-3-2-6-12(17)16(22)23)20-14(21)9-8-11-5-4-7-13(18)15(11)19/h4-5,7,12H,2-3,6,8-10H2,1H3,(H,20,21)(H,22,23). The Morgan fingerprint density at radius 1 is 1.35 bits per heavy atom. The first-order valence-electron chi connectivity index (χ1n) is 7.80. The summed E-state index contributed by atoms with van der Waals surface area (Å²) >= 11 is 0. The molecule has 1 saturated carbocycles. The van der Waals surface area contributed by atoms with Gasteiger partial charge in [0.25, 0.3) is 0 Å². The van der Waals surface area contributed by atoms with Gasteiger partial charge in [0.05, 0.1) is 11.5 Å². The number of rotatable bonds is 5. The molecule has 6 heteroatoms. The van der Waals surface area contributed by atoms with Gasteiger partial charge < -0.3 is 10.4 Å². The van der Waals surface area contributed by atoms with Crippen molar-refractivity contribution in [2.45, 2.75) is 51.0 Å². The van der Waals surface area contributed by atoms with Crippen molar-refractivity contribution >= 4 is 11.9 Å². The third-order valence-corrected chi connectivity index (χ3v) is 4.58. The van der Waals surface area contributed by atoms with E-state index in [2.05, 4.69) is 5.32 Å². The minimum Gasteiger partial charge on any atom is -0.481 e. The van der Waals surface area contributed by atoms with Gasteiger partial charge >= 0.3 is 5.97 Å². The number of aryl methyl sites for hydroxylation is 1. The largest absolute Gasteiger partial charge is 0.481 e. The molecule has 1 aromatic carbocycles. The number of hydrogen-bond donors (Lipinski definition) is 2. The van der Waals surface area contributed by atoms with E-state index in [1.165, 1.54) is 12.1 Å². The zero-order valence-electron chi connectivity index (χ0n) is 13.1. The fraction of sp³-hybridized carbons (Fsp3) is 0.529. The molecule has 23 heavy (non-hydrogen) atoms. The molecule has 4 nitrogen and oxygen atoms in total. The van der Waals surface area contributed by atoms with Gasteiger partial charge in [-0.05, 0) is 37.8 Å². The van der Waals surface area contributed by atoms with Gasteiger partial charge in [0.15, 0.2) is 11.6 Å². The van der Waals surface area contributed by atoms with Crippen molar-refractivity contribution in [2.75, 3.05) is 0 Å². The average Bonchev–Trinajstić information content (AvgIpc) is 2.48. The molecular weight excluding hydrogens is 304 g/mol. The van der Waals surface area contributed by atoms with Gasteiger partial charge in [-0.2, -0.15) is 0 Å².